The summed E-state index contributed by atoms with van der Waals surface area (Å²) in [5.41, 5.74) is 1.30. The number of likely N-dealkylation sites (N-methyl/N-ethyl adjacent to an activating group) is 1. The van der Waals surface area contributed by atoms with Crippen molar-refractivity contribution in [3.05, 3.63) is 18.0 Å². The highest BCUT2D eigenvalue weighted by Crippen LogP contribution is 2.04. The highest BCUT2D eigenvalue weighted by atomic mass is 15.2. The van der Waals surface area contributed by atoms with Gasteiger partial charge in [-0.25, -0.2) is 0 Å². The molecule has 1 aromatic rings. The zero-order valence-electron chi connectivity index (χ0n) is 10.2. The quantitative estimate of drug-likeness (QED) is 0.742. The molecule has 0 aromatic carbocycles. The third-order valence-corrected chi connectivity index (χ3v) is 2.57. The summed E-state index contributed by atoms with van der Waals surface area (Å²) in [5, 5.41) is 7.53. The Labute approximate surface area is 92.3 Å². The molecule has 0 aliphatic rings. The second-order valence-electron chi connectivity index (χ2n) is 4.30. The van der Waals surface area contributed by atoms with Crippen molar-refractivity contribution in [2.75, 3.05) is 27.7 Å². The number of nitrogens with zero attached hydrogens (tertiary/aromatic N) is 3. The molecule has 0 bridgehead atoms. The summed E-state index contributed by atoms with van der Waals surface area (Å²) in [4.78, 5) is 2.22. The molecule has 1 aromatic heterocycles. The van der Waals surface area contributed by atoms with Crippen LogP contribution in [0, 0.1) is 0 Å². The van der Waals surface area contributed by atoms with Crippen LogP contribution < -0.4 is 5.32 Å². The number of hydrogen-bond donors (Lipinski definition) is 1. The van der Waals surface area contributed by atoms with Gasteiger partial charge in [0.2, 0.25) is 0 Å². The monoisotopic (exact) mass is 210 g/mol. The van der Waals surface area contributed by atoms with Crippen molar-refractivity contribution in [2.45, 2.75) is 18.9 Å². The molecule has 1 rings (SSSR count). The summed E-state index contributed by atoms with van der Waals surface area (Å²) in [7, 11) is 8.20. The zero-order chi connectivity index (χ0) is 11.3. The molecule has 4 heteroatoms. The van der Waals surface area contributed by atoms with E-state index >= 15 is 0 Å². The van der Waals surface area contributed by atoms with E-state index in [4.69, 9.17) is 0 Å². The Kier molecular flexibility index (Phi) is 4.78. The molecule has 0 fully saturated rings. The molecule has 4 nitrogen and oxygen atoms in total. The molecule has 0 amide bonds. The lowest BCUT2D eigenvalue weighted by Gasteiger charge is -2.17. The summed E-state index contributed by atoms with van der Waals surface area (Å²) >= 11 is 0. The predicted molar refractivity (Wildman–Crippen MR) is 62.9 cm³/mol. The molecule has 1 atom stereocenters. The second-order valence-corrected chi connectivity index (χ2v) is 4.30. The largest absolute Gasteiger partial charge is 0.317 e. The summed E-state index contributed by atoms with van der Waals surface area (Å²) in [5.74, 6) is 0. The van der Waals surface area contributed by atoms with Gasteiger partial charge in [-0.05, 0) is 46.1 Å². The van der Waals surface area contributed by atoms with Crippen LogP contribution in [-0.4, -0.2) is 48.4 Å². The standard InChI is InChI=1S/C11H22N4/c1-12-11(5-6-14(2)3)7-10-8-13-15(4)9-10/h8-9,11-12H,5-7H2,1-4H3. The maximum Gasteiger partial charge on any atom is 0.0522 e. The summed E-state index contributed by atoms with van der Waals surface area (Å²) in [6.07, 6.45) is 6.25. The number of aryl methyl sites for hydroxylation is 1. The van der Waals surface area contributed by atoms with Gasteiger partial charge in [0.15, 0.2) is 0 Å². The molecule has 1 N–H and O–H groups in total. The van der Waals surface area contributed by atoms with Crippen LogP contribution in [0.4, 0.5) is 0 Å². The Hall–Kier alpha value is -0.870. The molecule has 0 saturated carbocycles. The Bertz CT molecular complexity index is 280. The van der Waals surface area contributed by atoms with Crippen molar-refractivity contribution in [3.63, 3.8) is 0 Å². The fourth-order valence-corrected chi connectivity index (χ4v) is 1.62. The van der Waals surface area contributed by atoms with Gasteiger partial charge in [0.25, 0.3) is 0 Å². The van der Waals surface area contributed by atoms with Crippen molar-refractivity contribution < 1.29 is 0 Å². The first-order chi connectivity index (χ1) is 7.11. The van der Waals surface area contributed by atoms with E-state index in [1.54, 1.807) is 0 Å². The van der Waals surface area contributed by atoms with Gasteiger partial charge >= 0.3 is 0 Å². The van der Waals surface area contributed by atoms with E-state index in [-0.39, 0.29) is 0 Å². The molecule has 0 spiro atoms. The van der Waals surface area contributed by atoms with Gasteiger partial charge in [-0.3, -0.25) is 4.68 Å². The average molecular weight is 210 g/mol. The molecular formula is C11H22N4. The lowest BCUT2D eigenvalue weighted by molar-refractivity contribution is 0.364. The molecule has 0 aliphatic carbocycles. The van der Waals surface area contributed by atoms with Crippen LogP contribution in [0.15, 0.2) is 12.4 Å². The van der Waals surface area contributed by atoms with E-state index in [0.29, 0.717) is 6.04 Å². The van der Waals surface area contributed by atoms with Crippen LogP contribution in [-0.2, 0) is 13.5 Å². The van der Waals surface area contributed by atoms with Crippen LogP contribution >= 0.6 is 0 Å². The molecular weight excluding hydrogens is 188 g/mol. The normalized spacial score (nSPS) is 13.4. The average Bonchev–Trinajstić information content (AvgIpc) is 2.58. The van der Waals surface area contributed by atoms with Crippen LogP contribution in [0.2, 0.25) is 0 Å². The van der Waals surface area contributed by atoms with Gasteiger partial charge in [-0.2, -0.15) is 5.10 Å². The third kappa shape index (κ3) is 4.44. The van der Waals surface area contributed by atoms with E-state index in [9.17, 15) is 0 Å². The number of aromatic nitrogens is 2. The van der Waals surface area contributed by atoms with Crippen molar-refractivity contribution in [3.8, 4) is 0 Å². The van der Waals surface area contributed by atoms with Crippen LogP contribution in [0.3, 0.4) is 0 Å². The summed E-state index contributed by atoms with van der Waals surface area (Å²) in [6.45, 7) is 1.12. The molecule has 0 radical (unpaired) electrons. The zero-order valence-corrected chi connectivity index (χ0v) is 10.2. The highest BCUT2D eigenvalue weighted by Gasteiger charge is 2.08. The summed E-state index contributed by atoms with van der Waals surface area (Å²) < 4.78 is 1.86. The molecule has 1 heterocycles. The van der Waals surface area contributed by atoms with Crippen molar-refractivity contribution >= 4 is 0 Å². The van der Waals surface area contributed by atoms with E-state index < -0.39 is 0 Å². The first-order valence-corrected chi connectivity index (χ1v) is 5.41. The van der Waals surface area contributed by atoms with Gasteiger partial charge < -0.3 is 10.2 Å². The van der Waals surface area contributed by atoms with Crippen LogP contribution in [0.25, 0.3) is 0 Å². The Morgan fingerprint density at radius 1 is 1.53 bits per heavy atom. The topological polar surface area (TPSA) is 33.1 Å². The number of rotatable bonds is 6. The van der Waals surface area contributed by atoms with Crippen molar-refractivity contribution in [1.29, 1.82) is 0 Å². The van der Waals surface area contributed by atoms with Crippen LogP contribution in [0.5, 0.6) is 0 Å². The second kappa shape index (κ2) is 5.88. The van der Waals surface area contributed by atoms with E-state index in [1.807, 2.05) is 25.0 Å². The fourth-order valence-electron chi connectivity index (χ4n) is 1.62. The van der Waals surface area contributed by atoms with Gasteiger partial charge in [-0.1, -0.05) is 0 Å². The lowest BCUT2D eigenvalue weighted by Crippen LogP contribution is -2.31. The van der Waals surface area contributed by atoms with E-state index in [1.165, 1.54) is 12.0 Å². The minimum absolute atomic E-state index is 0.539. The van der Waals surface area contributed by atoms with Gasteiger partial charge in [0.1, 0.15) is 0 Å². The first kappa shape index (κ1) is 12.2. The SMILES string of the molecule is CNC(CCN(C)C)Cc1cnn(C)c1. The maximum absolute atomic E-state index is 4.18. The molecule has 1 unspecified atom stereocenters. The van der Waals surface area contributed by atoms with E-state index in [2.05, 4.69) is 35.6 Å². The lowest BCUT2D eigenvalue weighted by atomic mass is 10.1. The summed E-state index contributed by atoms with van der Waals surface area (Å²) in [6, 6.07) is 0.539. The van der Waals surface area contributed by atoms with Gasteiger partial charge in [0, 0.05) is 19.3 Å². The minimum Gasteiger partial charge on any atom is -0.317 e. The van der Waals surface area contributed by atoms with Crippen molar-refractivity contribution in [2.24, 2.45) is 7.05 Å². The number of hydrogen-bond acceptors (Lipinski definition) is 3. The minimum atomic E-state index is 0.539. The molecule has 0 saturated heterocycles. The third-order valence-electron chi connectivity index (χ3n) is 2.57. The Morgan fingerprint density at radius 2 is 2.27 bits per heavy atom. The van der Waals surface area contributed by atoms with Gasteiger partial charge in [-0.15, -0.1) is 0 Å². The fraction of sp³-hybridized carbons (Fsp3) is 0.727. The van der Waals surface area contributed by atoms with Crippen molar-refractivity contribution in [1.82, 2.24) is 20.0 Å². The van der Waals surface area contributed by atoms with E-state index in [0.717, 1.165) is 13.0 Å². The Balaban J connectivity index is 2.39. The highest BCUT2D eigenvalue weighted by molar-refractivity contribution is 5.05. The molecule has 86 valence electrons. The Morgan fingerprint density at radius 3 is 2.73 bits per heavy atom. The first-order valence-electron chi connectivity index (χ1n) is 5.41. The molecule has 0 aliphatic heterocycles. The smallest absolute Gasteiger partial charge is 0.0522 e. The maximum atomic E-state index is 4.18. The number of nitrogens with one attached hydrogen (secondary N) is 1. The molecule has 15 heavy (non-hydrogen) atoms. The predicted octanol–water partition coefficient (Wildman–Crippen LogP) is 0.502. The van der Waals surface area contributed by atoms with Crippen LogP contribution in [0.1, 0.15) is 12.0 Å². The van der Waals surface area contributed by atoms with Gasteiger partial charge in [0.05, 0.1) is 6.20 Å².